The molecule has 0 radical (unpaired) electrons. The highest BCUT2D eigenvalue weighted by atomic mass is 16.3. The molecule has 1 aliphatic heterocycles. The lowest BCUT2D eigenvalue weighted by molar-refractivity contribution is -0.122. The van der Waals surface area contributed by atoms with Gasteiger partial charge in [0.2, 0.25) is 11.8 Å². The van der Waals surface area contributed by atoms with Crippen LogP contribution in [0.2, 0.25) is 0 Å². The molecular weight excluding hydrogens is 422 g/mol. The lowest BCUT2D eigenvalue weighted by Crippen LogP contribution is -2.41. The average Bonchev–Trinajstić information content (AvgIpc) is 3.38. The van der Waals surface area contributed by atoms with Crippen molar-refractivity contribution in [1.82, 2.24) is 0 Å². The minimum Gasteiger partial charge on any atom is -0.456 e. The Morgan fingerprint density at radius 3 is 1.65 bits per heavy atom. The van der Waals surface area contributed by atoms with Crippen molar-refractivity contribution in [3.05, 3.63) is 113 Å². The smallest absolute Gasteiger partial charge is 0.238 e. The number of furan rings is 1. The molecule has 5 aromatic rings. The molecule has 1 fully saturated rings. The summed E-state index contributed by atoms with van der Waals surface area (Å²) in [6.45, 7) is 0. The van der Waals surface area contributed by atoms with Crippen molar-refractivity contribution in [1.29, 1.82) is 0 Å². The predicted octanol–water partition coefficient (Wildman–Crippen LogP) is 5.98. The van der Waals surface area contributed by atoms with Crippen LogP contribution in [0.3, 0.4) is 0 Å². The third-order valence-corrected chi connectivity index (χ3v) is 8.07. The lowest BCUT2D eigenvalue weighted by Gasteiger charge is -2.45. The van der Waals surface area contributed by atoms with Gasteiger partial charge < -0.3 is 4.42 Å². The maximum atomic E-state index is 13.9. The summed E-state index contributed by atoms with van der Waals surface area (Å²) in [7, 11) is 0. The summed E-state index contributed by atoms with van der Waals surface area (Å²) in [5, 5.41) is 2.01. The van der Waals surface area contributed by atoms with Gasteiger partial charge >= 0.3 is 0 Å². The van der Waals surface area contributed by atoms with Crippen molar-refractivity contribution in [3.8, 4) is 0 Å². The van der Waals surface area contributed by atoms with Gasteiger partial charge in [-0.05, 0) is 40.5 Å². The van der Waals surface area contributed by atoms with Gasteiger partial charge in [0.15, 0.2) is 0 Å². The largest absolute Gasteiger partial charge is 0.456 e. The molecule has 4 heteroatoms. The molecule has 0 N–H and O–H groups in total. The van der Waals surface area contributed by atoms with Gasteiger partial charge in [0, 0.05) is 28.7 Å². The Morgan fingerprint density at radius 2 is 1.06 bits per heavy atom. The maximum Gasteiger partial charge on any atom is 0.238 e. The van der Waals surface area contributed by atoms with Gasteiger partial charge in [0.1, 0.15) is 11.2 Å². The average molecular weight is 441 g/mol. The first-order valence-electron chi connectivity index (χ1n) is 11.7. The summed E-state index contributed by atoms with van der Waals surface area (Å²) in [5.41, 5.74) is 6.80. The van der Waals surface area contributed by atoms with E-state index < -0.39 is 0 Å². The van der Waals surface area contributed by atoms with E-state index >= 15 is 0 Å². The fourth-order valence-electron chi connectivity index (χ4n) is 6.79. The molecule has 34 heavy (non-hydrogen) atoms. The molecule has 4 nitrogen and oxygen atoms in total. The van der Waals surface area contributed by atoms with Crippen molar-refractivity contribution < 1.29 is 14.0 Å². The summed E-state index contributed by atoms with van der Waals surface area (Å²) in [5.74, 6) is -1.17. The van der Waals surface area contributed by atoms with E-state index in [0.29, 0.717) is 11.3 Å². The Hall–Kier alpha value is -4.18. The quantitative estimate of drug-likeness (QED) is 0.301. The summed E-state index contributed by atoms with van der Waals surface area (Å²) >= 11 is 0. The van der Waals surface area contributed by atoms with Gasteiger partial charge in [-0.3, -0.25) is 9.59 Å². The second kappa shape index (κ2) is 6.23. The minimum absolute atomic E-state index is 0.0984. The highest BCUT2D eigenvalue weighted by Crippen LogP contribution is 2.61. The third-order valence-electron chi connectivity index (χ3n) is 8.07. The normalized spacial score (nSPS) is 24.5. The molecule has 0 spiro atoms. The van der Waals surface area contributed by atoms with E-state index in [-0.39, 0.29) is 35.5 Å². The van der Waals surface area contributed by atoms with Gasteiger partial charge in [-0.25, -0.2) is 4.90 Å². The fraction of sp³-hybridized carbons (Fsp3) is 0.133. The SMILES string of the molecule is O=C1[C@@H]2C3c4ccccc4C(c4ccccc43)[C@H]2C(=O)N1c1ccc2c(c1)oc1ccccc12. The number of carbonyl (C=O) groups excluding carboxylic acids is 2. The number of rotatable bonds is 1. The van der Waals surface area contributed by atoms with Gasteiger partial charge in [-0.2, -0.15) is 0 Å². The first-order chi connectivity index (χ1) is 16.7. The number of imide groups is 1. The second-order valence-electron chi connectivity index (χ2n) is 9.56. The zero-order chi connectivity index (χ0) is 22.6. The van der Waals surface area contributed by atoms with E-state index in [1.165, 1.54) is 27.2 Å². The van der Waals surface area contributed by atoms with Crippen LogP contribution in [0.15, 0.2) is 95.4 Å². The molecule has 3 aliphatic carbocycles. The molecule has 9 rings (SSSR count). The summed E-state index contributed by atoms with van der Waals surface area (Å²) in [6.07, 6.45) is 0. The van der Waals surface area contributed by atoms with E-state index in [1.807, 2.05) is 66.7 Å². The molecule has 2 amide bonds. The highest BCUT2D eigenvalue weighted by molar-refractivity contribution is 6.24. The number of benzene rings is 4. The summed E-state index contributed by atoms with van der Waals surface area (Å²) in [4.78, 5) is 29.3. The van der Waals surface area contributed by atoms with Gasteiger partial charge in [0.25, 0.3) is 0 Å². The predicted molar refractivity (Wildman–Crippen MR) is 130 cm³/mol. The van der Waals surface area contributed by atoms with Crippen LogP contribution in [0.25, 0.3) is 21.9 Å². The van der Waals surface area contributed by atoms with Gasteiger partial charge in [-0.1, -0.05) is 66.7 Å². The van der Waals surface area contributed by atoms with E-state index in [0.717, 1.165) is 16.4 Å². The van der Waals surface area contributed by atoms with Gasteiger partial charge in [-0.15, -0.1) is 0 Å². The molecule has 2 bridgehead atoms. The van der Waals surface area contributed by atoms with Gasteiger partial charge in [0.05, 0.1) is 17.5 Å². The molecule has 1 aromatic heterocycles. The Morgan fingerprint density at radius 1 is 0.559 bits per heavy atom. The van der Waals surface area contributed by atoms with E-state index in [4.69, 9.17) is 4.42 Å². The fourth-order valence-corrected chi connectivity index (χ4v) is 6.79. The molecule has 0 unspecified atom stereocenters. The van der Waals surface area contributed by atoms with Crippen LogP contribution in [0.1, 0.15) is 34.1 Å². The zero-order valence-electron chi connectivity index (χ0n) is 18.1. The maximum absolute atomic E-state index is 13.9. The number of hydrogen-bond acceptors (Lipinski definition) is 3. The topological polar surface area (TPSA) is 50.5 Å². The summed E-state index contributed by atoms with van der Waals surface area (Å²) < 4.78 is 6.05. The molecule has 2 heterocycles. The highest BCUT2D eigenvalue weighted by Gasteiger charge is 2.61. The number of carbonyl (C=O) groups is 2. The Balaban J connectivity index is 1.31. The van der Waals surface area contributed by atoms with Crippen LogP contribution >= 0.6 is 0 Å². The van der Waals surface area contributed by atoms with Crippen molar-refractivity contribution >= 4 is 39.4 Å². The Kier molecular flexibility index (Phi) is 3.35. The van der Waals surface area contributed by atoms with E-state index in [9.17, 15) is 9.59 Å². The first kappa shape index (κ1) is 18.3. The van der Waals surface area contributed by atoms with Crippen LogP contribution < -0.4 is 4.90 Å². The van der Waals surface area contributed by atoms with Crippen molar-refractivity contribution in [2.75, 3.05) is 4.90 Å². The molecule has 4 aromatic carbocycles. The van der Waals surface area contributed by atoms with E-state index in [2.05, 4.69) is 24.3 Å². The lowest BCUT2D eigenvalue weighted by atomic mass is 9.55. The monoisotopic (exact) mass is 441 g/mol. The van der Waals surface area contributed by atoms with Crippen LogP contribution in [-0.4, -0.2) is 11.8 Å². The Bertz CT molecular complexity index is 1580. The number of nitrogens with zero attached hydrogens (tertiary/aromatic N) is 1. The molecular formula is C30H19NO3. The Labute approximate surface area is 195 Å². The first-order valence-corrected chi connectivity index (χ1v) is 11.7. The number of anilines is 1. The van der Waals surface area contributed by atoms with Crippen LogP contribution in [0.5, 0.6) is 0 Å². The number of para-hydroxylation sites is 1. The molecule has 4 aliphatic rings. The summed E-state index contributed by atoms with van der Waals surface area (Å²) in [6, 6.07) is 30.2. The molecule has 2 atom stereocenters. The number of hydrogen-bond donors (Lipinski definition) is 0. The van der Waals surface area contributed by atoms with Crippen LogP contribution in [-0.2, 0) is 9.59 Å². The molecule has 1 saturated heterocycles. The number of amides is 2. The molecule has 0 saturated carbocycles. The second-order valence-corrected chi connectivity index (χ2v) is 9.56. The van der Waals surface area contributed by atoms with Crippen molar-refractivity contribution in [2.45, 2.75) is 11.8 Å². The third kappa shape index (κ3) is 2.09. The number of fused-ring (bicyclic) bond motifs is 3. The van der Waals surface area contributed by atoms with Crippen molar-refractivity contribution in [2.24, 2.45) is 11.8 Å². The van der Waals surface area contributed by atoms with E-state index in [1.54, 1.807) is 0 Å². The zero-order valence-corrected chi connectivity index (χ0v) is 18.1. The standard InChI is InChI=1S/C30H19NO3/c32-29-27-25-19-8-1-2-9-20(19)26(22-11-4-3-10-21(22)25)28(27)30(33)31(29)16-13-14-18-17-7-5-6-12-23(17)34-24(18)15-16/h1-15,25-28H/t25?,26?,27-,28-/m1/s1. The van der Waals surface area contributed by atoms with Crippen LogP contribution in [0, 0.1) is 11.8 Å². The van der Waals surface area contributed by atoms with Crippen molar-refractivity contribution in [3.63, 3.8) is 0 Å². The molecule has 162 valence electrons. The van der Waals surface area contributed by atoms with Crippen LogP contribution in [0.4, 0.5) is 5.69 Å². The minimum atomic E-state index is -0.381.